The quantitative estimate of drug-likeness (QED) is 0.665. The van der Waals surface area contributed by atoms with Gasteiger partial charge in [0.1, 0.15) is 0 Å². The minimum Gasteiger partial charge on any atom is -0.371 e. The Labute approximate surface area is 155 Å². The third kappa shape index (κ3) is 3.71. The lowest BCUT2D eigenvalue weighted by Crippen LogP contribution is -2.51. The number of nitrogens with zero attached hydrogens (tertiary/aromatic N) is 3. The Balaban J connectivity index is 1.30. The number of benzene rings is 1. The Kier molecular flexibility index (Phi) is 5.14. The first kappa shape index (κ1) is 17.7. The minimum atomic E-state index is -0.328. The van der Waals surface area contributed by atoms with Gasteiger partial charge >= 0.3 is 0 Å². The van der Waals surface area contributed by atoms with Crippen LogP contribution in [0, 0.1) is 15.5 Å². The van der Waals surface area contributed by atoms with E-state index in [1.165, 1.54) is 64.7 Å². The molecular weight excluding hydrogens is 328 g/mol. The van der Waals surface area contributed by atoms with Crippen LogP contribution in [0.2, 0.25) is 0 Å². The number of nitrogens with one attached hydrogen (secondary N) is 1. The number of piperidine rings is 3. The number of hydrogen-bond acceptors (Lipinski definition) is 5. The van der Waals surface area contributed by atoms with E-state index in [1.807, 2.05) is 12.1 Å². The van der Waals surface area contributed by atoms with E-state index in [0.29, 0.717) is 5.41 Å². The van der Waals surface area contributed by atoms with Gasteiger partial charge in [-0.25, -0.2) is 0 Å². The first-order chi connectivity index (χ1) is 12.7. The molecule has 1 aromatic rings. The SMILES string of the molecule is O=[N+]([O-])c1ccc(N2CCC3(CC2)CCN(C2CCNCC2)CC3)cc1. The van der Waals surface area contributed by atoms with Crippen molar-refractivity contribution in [2.45, 2.75) is 44.6 Å². The normalized spacial score (nSPS) is 24.7. The van der Waals surface area contributed by atoms with Crippen molar-refractivity contribution in [2.75, 3.05) is 44.2 Å². The van der Waals surface area contributed by atoms with E-state index in [4.69, 9.17) is 0 Å². The number of hydrogen-bond donors (Lipinski definition) is 1. The predicted molar refractivity (Wildman–Crippen MR) is 104 cm³/mol. The summed E-state index contributed by atoms with van der Waals surface area (Å²) in [6.07, 6.45) is 7.80. The number of nitro benzene ring substituents is 1. The van der Waals surface area contributed by atoms with Crippen molar-refractivity contribution >= 4 is 11.4 Å². The van der Waals surface area contributed by atoms with Gasteiger partial charge in [0.15, 0.2) is 0 Å². The largest absolute Gasteiger partial charge is 0.371 e. The summed E-state index contributed by atoms with van der Waals surface area (Å²) in [6.45, 7) is 7.04. The van der Waals surface area contributed by atoms with Gasteiger partial charge in [-0.2, -0.15) is 0 Å². The molecule has 3 fully saturated rings. The molecule has 0 bridgehead atoms. The Morgan fingerprint density at radius 1 is 0.962 bits per heavy atom. The van der Waals surface area contributed by atoms with Gasteiger partial charge in [-0.3, -0.25) is 10.1 Å². The van der Waals surface area contributed by atoms with Crippen molar-refractivity contribution in [1.29, 1.82) is 0 Å². The highest BCUT2D eigenvalue weighted by molar-refractivity contribution is 5.51. The average Bonchev–Trinajstić information content (AvgIpc) is 2.70. The Hall–Kier alpha value is -1.66. The predicted octanol–water partition coefficient (Wildman–Crippen LogP) is 3.03. The van der Waals surface area contributed by atoms with Crippen molar-refractivity contribution in [3.8, 4) is 0 Å². The lowest BCUT2D eigenvalue weighted by atomic mass is 9.71. The Bertz CT molecular complexity index is 609. The fraction of sp³-hybridized carbons (Fsp3) is 0.700. The third-order valence-corrected chi connectivity index (χ3v) is 6.93. The molecule has 0 radical (unpaired) electrons. The molecule has 3 heterocycles. The molecule has 3 aliphatic heterocycles. The second kappa shape index (κ2) is 7.53. The van der Waals surface area contributed by atoms with Crippen molar-refractivity contribution in [2.24, 2.45) is 5.41 Å². The first-order valence-electron chi connectivity index (χ1n) is 10.1. The molecule has 4 rings (SSSR count). The van der Waals surface area contributed by atoms with Crippen LogP contribution in [0.25, 0.3) is 0 Å². The lowest BCUT2D eigenvalue weighted by molar-refractivity contribution is -0.384. The summed E-state index contributed by atoms with van der Waals surface area (Å²) >= 11 is 0. The molecule has 0 saturated carbocycles. The molecular formula is C20H30N4O2. The molecule has 0 atom stereocenters. The van der Waals surface area contributed by atoms with E-state index in [2.05, 4.69) is 15.1 Å². The van der Waals surface area contributed by atoms with Gasteiger partial charge in [-0.15, -0.1) is 0 Å². The zero-order valence-electron chi connectivity index (χ0n) is 15.5. The molecule has 1 N–H and O–H groups in total. The minimum absolute atomic E-state index is 0.174. The summed E-state index contributed by atoms with van der Waals surface area (Å²) in [4.78, 5) is 15.6. The van der Waals surface area contributed by atoms with Gasteiger partial charge in [-0.05, 0) is 82.3 Å². The molecule has 1 aromatic carbocycles. The molecule has 3 aliphatic rings. The molecule has 0 amide bonds. The summed E-state index contributed by atoms with van der Waals surface area (Å²) in [7, 11) is 0. The molecule has 6 nitrogen and oxygen atoms in total. The topological polar surface area (TPSA) is 61.7 Å². The van der Waals surface area contributed by atoms with E-state index < -0.39 is 0 Å². The van der Waals surface area contributed by atoms with E-state index in [9.17, 15) is 10.1 Å². The number of anilines is 1. The van der Waals surface area contributed by atoms with E-state index in [1.54, 1.807) is 12.1 Å². The highest BCUT2D eigenvalue weighted by Crippen LogP contribution is 2.42. The monoisotopic (exact) mass is 358 g/mol. The molecule has 142 valence electrons. The van der Waals surface area contributed by atoms with Crippen LogP contribution in [-0.4, -0.2) is 55.1 Å². The van der Waals surface area contributed by atoms with Crippen molar-refractivity contribution < 1.29 is 4.92 Å². The highest BCUT2D eigenvalue weighted by atomic mass is 16.6. The number of rotatable bonds is 3. The second-order valence-corrected chi connectivity index (χ2v) is 8.28. The molecule has 26 heavy (non-hydrogen) atoms. The summed E-state index contributed by atoms with van der Waals surface area (Å²) in [5, 5.41) is 14.3. The second-order valence-electron chi connectivity index (χ2n) is 8.28. The summed E-state index contributed by atoms with van der Waals surface area (Å²) in [5.74, 6) is 0. The maximum absolute atomic E-state index is 10.8. The Morgan fingerprint density at radius 3 is 2.12 bits per heavy atom. The maximum Gasteiger partial charge on any atom is 0.269 e. The van der Waals surface area contributed by atoms with E-state index in [-0.39, 0.29) is 10.6 Å². The Morgan fingerprint density at radius 2 is 1.54 bits per heavy atom. The fourth-order valence-corrected chi connectivity index (χ4v) is 5.06. The van der Waals surface area contributed by atoms with Crippen LogP contribution in [-0.2, 0) is 0 Å². The van der Waals surface area contributed by atoms with Crippen LogP contribution in [0.1, 0.15) is 38.5 Å². The molecule has 0 aromatic heterocycles. The number of likely N-dealkylation sites (tertiary alicyclic amines) is 1. The standard InChI is InChI=1S/C20H30N4O2/c25-24(26)19-3-1-17(2-4-19)22-13-7-20(8-14-22)9-15-23(16-10-20)18-5-11-21-12-6-18/h1-4,18,21H,5-16H2. The van der Waals surface area contributed by atoms with E-state index >= 15 is 0 Å². The average molecular weight is 358 g/mol. The molecule has 0 unspecified atom stereocenters. The molecule has 0 aliphatic carbocycles. The summed E-state index contributed by atoms with van der Waals surface area (Å²) < 4.78 is 0. The van der Waals surface area contributed by atoms with Gasteiger partial charge in [0, 0.05) is 37.0 Å². The molecule has 6 heteroatoms. The van der Waals surface area contributed by atoms with Crippen LogP contribution < -0.4 is 10.2 Å². The smallest absolute Gasteiger partial charge is 0.269 e. The van der Waals surface area contributed by atoms with Gasteiger partial charge in [-0.1, -0.05) is 0 Å². The summed E-state index contributed by atoms with van der Waals surface area (Å²) in [6, 6.07) is 7.84. The first-order valence-corrected chi connectivity index (χ1v) is 10.1. The van der Waals surface area contributed by atoms with Gasteiger partial charge in [0.25, 0.3) is 5.69 Å². The van der Waals surface area contributed by atoms with Gasteiger partial charge < -0.3 is 15.1 Å². The number of nitro groups is 1. The summed E-state index contributed by atoms with van der Waals surface area (Å²) in [5.41, 5.74) is 1.82. The van der Waals surface area contributed by atoms with Crippen molar-refractivity contribution in [1.82, 2.24) is 10.2 Å². The van der Waals surface area contributed by atoms with Crippen molar-refractivity contribution in [3.63, 3.8) is 0 Å². The zero-order valence-corrected chi connectivity index (χ0v) is 15.5. The lowest BCUT2D eigenvalue weighted by Gasteiger charge is -2.49. The van der Waals surface area contributed by atoms with Crippen molar-refractivity contribution in [3.05, 3.63) is 34.4 Å². The fourth-order valence-electron chi connectivity index (χ4n) is 5.06. The maximum atomic E-state index is 10.8. The number of non-ortho nitro benzene ring substituents is 1. The van der Waals surface area contributed by atoms with Gasteiger partial charge in [0.05, 0.1) is 4.92 Å². The van der Waals surface area contributed by atoms with Crippen LogP contribution >= 0.6 is 0 Å². The third-order valence-electron chi connectivity index (χ3n) is 6.93. The van der Waals surface area contributed by atoms with Crippen LogP contribution in [0.4, 0.5) is 11.4 Å². The zero-order chi connectivity index (χ0) is 18.0. The highest BCUT2D eigenvalue weighted by Gasteiger charge is 2.39. The van der Waals surface area contributed by atoms with Crippen LogP contribution in [0.3, 0.4) is 0 Å². The molecule has 1 spiro atoms. The molecule has 3 saturated heterocycles. The van der Waals surface area contributed by atoms with Crippen LogP contribution in [0.15, 0.2) is 24.3 Å². The van der Waals surface area contributed by atoms with E-state index in [0.717, 1.165) is 24.8 Å². The van der Waals surface area contributed by atoms with Gasteiger partial charge in [0.2, 0.25) is 0 Å². The van der Waals surface area contributed by atoms with Crippen LogP contribution in [0.5, 0.6) is 0 Å².